The largest absolute Gasteiger partial charge is 0.490 e. The average Bonchev–Trinajstić information content (AvgIpc) is 2.43. The van der Waals surface area contributed by atoms with Gasteiger partial charge in [-0.3, -0.25) is 10.1 Å². The Bertz CT molecular complexity index is 663. The number of rotatable bonds is 4. The Morgan fingerprint density at radius 1 is 1.20 bits per heavy atom. The zero-order valence-corrected chi connectivity index (χ0v) is 11.1. The quantitative estimate of drug-likeness (QED) is 0.627. The molecular formula is C13H9ClFNO4. The molecule has 0 saturated carbocycles. The molecule has 0 amide bonds. The van der Waals surface area contributed by atoms with Crippen LogP contribution in [0.4, 0.5) is 10.1 Å². The second-order valence-electron chi connectivity index (χ2n) is 3.77. The molecule has 20 heavy (non-hydrogen) atoms. The summed E-state index contributed by atoms with van der Waals surface area (Å²) < 4.78 is 23.5. The second kappa shape index (κ2) is 5.75. The molecule has 0 heterocycles. The Morgan fingerprint density at radius 2 is 1.85 bits per heavy atom. The minimum atomic E-state index is -0.632. The van der Waals surface area contributed by atoms with E-state index in [4.69, 9.17) is 21.1 Å². The summed E-state index contributed by atoms with van der Waals surface area (Å²) in [5.41, 5.74) is -0.237. The summed E-state index contributed by atoms with van der Waals surface area (Å²) in [5, 5.41) is 10.8. The molecule has 0 aliphatic rings. The molecule has 0 bridgehead atoms. The Balaban J connectivity index is 2.31. The molecule has 0 aliphatic heterocycles. The summed E-state index contributed by atoms with van der Waals surface area (Å²) in [4.78, 5) is 10.3. The van der Waals surface area contributed by atoms with Gasteiger partial charge < -0.3 is 9.47 Å². The lowest BCUT2D eigenvalue weighted by Gasteiger charge is -2.07. The first-order chi connectivity index (χ1) is 9.51. The molecular weight excluding hydrogens is 289 g/mol. The van der Waals surface area contributed by atoms with Crippen LogP contribution in [-0.2, 0) is 0 Å². The van der Waals surface area contributed by atoms with Gasteiger partial charge in [-0.1, -0.05) is 11.6 Å². The van der Waals surface area contributed by atoms with Crippen LogP contribution in [0.1, 0.15) is 0 Å². The van der Waals surface area contributed by atoms with Gasteiger partial charge in [0.15, 0.2) is 5.75 Å². The van der Waals surface area contributed by atoms with Gasteiger partial charge in [0.1, 0.15) is 17.3 Å². The summed E-state index contributed by atoms with van der Waals surface area (Å²) in [6, 6.07) is 7.98. The summed E-state index contributed by atoms with van der Waals surface area (Å²) in [6.07, 6.45) is 0. The van der Waals surface area contributed by atoms with Gasteiger partial charge in [-0.2, -0.15) is 0 Å². The highest BCUT2D eigenvalue weighted by Crippen LogP contribution is 2.33. The van der Waals surface area contributed by atoms with Crippen molar-refractivity contribution in [2.75, 3.05) is 7.11 Å². The molecule has 0 spiro atoms. The van der Waals surface area contributed by atoms with Gasteiger partial charge in [-0.25, -0.2) is 4.39 Å². The van der Waals surface area contributed by atoms with Gasteiger partial charge in [-0.05, 0) is 24.3 Å². The Kier molecular flexibility index (Phi) is 4.05. The van der Waals surface area contributed by atoms with Crippen molar-refractivity contribution >= 4 is 17.3 Å². The lowest BCUT2D eigenvalue weighted by atomic mass is 10.2. The third kappa shape index (κ3) is 2.97. The van der Waals surface area contributed by atoms with Gasteiger partial charge in [-0.15, -0.1) is 0 Å². The van der Waals surface area contributed by atoms with E-state index in [1.54, 1.807) is 0 Å². The molecule has 0 radical (unpaired) electrons. The van der Waals surface area contributed by atoms with Crippen molar-refractivity contribution in [3.05, 3.63) is 57.4 Å². The molecule has 0 unspecified atom stereocenters. The lowest BCUT2D eigenvalue weighted by Crippen LogP contribution is -1.94. The SMILES string of the molecule is COc1ccc(Oc2ccc(Cl)c(F)c2)cc1[N+](=O)[O-]. The van der Waals surface area contributed by atoms with Crippen molar-refractivity contribution in [1.29, 1.82) is 0 Å². The predicted molar refractivity (Wildman–Crippen MR) is 71.1 cm³/mol. The first-order valence-corrected chi connectivity index (χ1v) is 5.84. The third-order valence-corrected chi connectivity index (χ3v) is 2.78. The number of halogens is 2. The number of nitro groups is 1. The zero-order chi connectivity index (χ0) is 14.7. The van der Waals surface area contributed by atoms with Crippen molar-refractivity contribution in [2.45, 2.75) is 0 Å². The van der Waals surface area contributed by atoms with E-state index in [1.807, 2.05) is 0 Å². The minimum absolute atomic E-state index is 0.0296. The molecule has 104 valence electrons. The highest BCUT2D eigenvalue weighted by molar-refractivity contribution is 6.30. The number of nitrogens with zero attached hydrogens (tertiary/aromatic N) is 1. The summed E-state index contributed by atoms with van der Waals surface area (Å²) >= 11 is 5.55. The molecule has 0 atom stereocenters. The molecule has 0 N–H and O–H groups in total. The molecule has 0 aromatic heterocycles. The van der Waals surface area contributed by atoms with Crippen LogP contribution in [0.25, 0.3) is 0 Å². The highest BCUT2D eigenvalue weighted by atomic mass is 35.5. The number of hydrogen-bond acceptors (Lipinski definition) is 4. The maximum Gasteiger partial charge on any atom is 0.314 e. The summed E-state index contributed by atoms with van der Waals surface area (Å²) in [5.74, 6) is -0.137. The van der Waals surface area contributed by atoms with E-state index in [0.717, 1.165) is 6.07 Å². The first kappa shape index (κ1) is 14.1. The monoisotopic (exact) mass is 297 g/mol. The number of methoxy groups -OCH3 is 1. The average molecular weight is 298 g/mol. The van der Waals surface area contributed by atoms with Gasteiger partial charge in [0, 0.05) is 6.07 Å². The maximum absolute atomic E-state index is 13.3. The van der Waals surface area contributed by atoms with Crippen LogP contribution in [-0.4, -0.2) is 12.0 Å². The fourth-order valence-electron chi connectivity index (χ4n) is 1.55. The summed E-state index contributed by atoms with van der Waals surface area (Å²) in [6.45, 7) is 0. The smallest absolute Gasteiger partial charge is 0.314 e. The fraction of sp³-hybridized carbons (Fsp3) is 0.0769. The number of benzene rings is 2. The highest BCUT2D eigenvalue weighted by Gasteiger charge is 2.16. The molecule has 0 aliphatic carbocycles. The van der Waals surface area contributed by atoms with Crippen LogP contribution in [0, 0.1) is 15.9 Å². The fourth-order valence-corrected chi connectivity index (χ4v) is 1.67. The van der Waals surface area contributed by atoms with Crippen molar-refractivity contribution in [2.24, 2.45) is 0 Å². The Hall–Kier alpha value is -2.34. The molecule has 5 nitrogen and oxygen atoms in total. The van der Waals surface area contributed by atoms with Crippen LogP contribution in [0.15, 0.2) is 36.4 Å². The number of hydrogen-bond donors (Lipinski definition) is 0. The van der Waals surface area contributed by atoms with E-state index in [2.05, 4.69) is 0 Å². The van der Waals surface area contributed by atoms with Crippen LogP contribution in [0.5, 0.6) is 17.2 Å². The van der Waals surface area contributed by atoms with E-state index in [-0.39, 0.29) is 28.0 Å². The van der Waals surface area contributed by atoms with Crippen molar-refractivity contribution in [1.82, 2.24) is 0 Å². The van der Waals surface area contributed by atoms with Gasteiger partial charge >= 0.3 is 5.69 Å². The molecule has 0 fully saturated rings. The van der Waals surface area contributed by atoms with Crippen molar-refractivity contribution < 1.29 is 18.8 Å². The van der Waals surface area contributed by atoms with E-state index in [0.29, 0.717) is 0 Å². The second-order valence-corrected chi connectivity index (χ2v) is 4.18. The normalized spacial score (nSPS) is 10.2. The first-order valence-electron chi connectivity index (χ1n) is 5.46. The Labute approximate surface area is 118 Å². The van der Waals surface area contributed by atoms with Crippen molar-refractivity contribution in [3.63, 3.8) is 0 Å². The van der Waals surface area contributed by atoms with E-state index in [9.17, 15) is 14.5 Å². The topological polar surface area (TPSA) is 61.6 Å². The molecule has 2 rings (SSSR count). The summed E-state index contributed by atoms with van der Waals surface area (Å²) in [7, 11) is 1.33. The van der Waals surface area contributed by atoms with Crippen LogP contribution < -0.4 is 9.47 Å². The van der Waals surface area contributed by atoms with Crippen molar-refractivity contribution in [3.8, 4) is 17.2 Å². The zero-order valence-electron chi connectivity index (χ0n) is 10.3. The minimum Gasteiger partial charge on any atom is -0.490 e. The third-order valence-electron chi connectivity index (χ3n) is 2.47. The predicted octanol–water partition coefficient (Wildman–Crippen LogP) is 4.19. The lowest BCUT2D eigenvalue weighted by molar-refractivity contribution is -0.385. The van der Waals surface area contributed by atoms with Crippen LogP contribution in [0.3, 0.4) is 0 Å². The van der Waals surface area contributed by atoms with E-state index >= 15 is 0 Å². The molecule has 2 aromatic carbocycles. The molecule has 7 heteroatoms. The maximum atomic E-state index is 13.3. The number of nitro benzene ring substituents is 1. The molecule has 0 saturated heterocycles. The Morgan fingerprint density at radius 3 is 2.45 bits per heavy atom. The van der Waals surface area contributed by atoms with Crippen LogP contribution in [0.2, 0.25) is 5.02 Å². The van der Waals surface area contributed by atoms with E-state index < -0.39 is 10.7 Å². The standard InChI is InChI=1S/C13H9ClFNO4/c1-19-13-5-3-9(7-12(13)16(17)18)20-8-2-4-10(14)11(15)6-8/h2-7H,1H3. The van der Waals surface area contributed by atoms with E-state index in [1.165, 1.54) is 37.4 Å². The van der Waals surface area contributed by atoms with Gasteiger partial charge in [0.05, 0.1) is 23.1 Å². The number of ether oxygens (including phenoxy) is 2. The van der Waals surface area contributed by atoms with Gasteiger partial charge in [0.25, 0.3) is 0 Å². The van der Waals surface area contributed by atoms with Gasteiger partial charge in [0.2, 0.25) is 0 Å². The van der Waals surface area contributed by atoms with Crippen LogP contribution >= 0.6 is 11.6 Å². The molecule has 2 aromatic rings.